The first-order valence-corrected chi connectivity index (χ1v) is 6.40. The molecular formula is C14H24O2. The third kappa shape index (κ3) is 3.10. The predicted molar refractivity (Wildman–Crippen MR) is 66.4 cm³/mol. The fourth-order valence-corrected chi connectivity index (χ4v) is 2.83. The SMILES string of the molecule is C=C(C(=O)O)C1(CCCC(C)C)CCCC1. The Balaban J connectivity index is 2.59. The summed E-state index contributed by atoms with van der Waals surface area (Å²) < 4.78 is 0. The minimum absolute atomic E-state index is 0.0826. The summed E-state index contributed by atoms with van der Waals surface area (Å²) >= 11 is 0. The third-order valence-electron chi connectivity index (χ3n) is 3.90. The van der Waals surface area contributed by atoms with Gasteiger partial charge in [-0.25, -0.2) is 4.79 Å². The second-order valence-electron chi connectivity index (χ2n) is 5.56. The van der Waals surface area contributed by atoms with Crippen LogP contribution < -0.4 is 0 Å². The summed E-state index contributed by atoms with van der Waals surface area (Å²) in [7, 11) is 0. The lowest BCUT2D eigenvalue weighted by Crippen LogP contribution is -2.24. The van der Waals surface area contributed by atoms with E-state index in [4.69, 9.17) is 5.11 Å². The monoisotopic (exact) mass is 224 g/mol. The van der Waals surface area contributed by atoms with Gasteiger partial charge in [0.25, 0.3) is 0 Å². The van der Waals surface area contributed by atoms with Crippen molar-refractivity contribution in [3.05, 3.63) is 12.2 Å². The Labute approximate surface area is 98.7 Å². The van der Waals surface area contributed by atoms with Gasteiger partial charge in [0.2, 0.25) is 0 Å². The largest absolute Gasteiger partial charge is 0.478 e. The van der Waals surface area contributed by atoms with Crippen LogP contribution in [0.25, 0.3) is 0 Å². The molecule has 0 aliphatic heterocycles. The van der Waals surface area contributed by atoms with Crippen molar-refractivity contribution in [3.63, 3.8) is 0 Å². The van der Waals surface area contributed by atoms with E-state index in [0.717, 1.165) is 38.5 Å². The lowest BCUT2D eigenvalue weighted by molar-refractivity contribution is -0.134. The Morgan fingerprint density at radius 1 is 1.38 bits per heavy atom. The zero-order chi connectivity index (χ0) is 12.2. The summed E-state index contributed by atoms with van der Waals surface area (Å²) in [5.74, 6) is -0.0945. The van der Waals surface area contributed by atoms with Crippen LogP contribution in [0.2, 0.25) is 0 Å². The van der Waals surface area contributed by atoms with E-state index in [0.29, 0.717) is 11.5 Å². The maximum atomic E-state index is 11.1. The highest BCUT2D eigenvalue weighted by atomic mass is 16.4. The Hall–Kier alpha value is -0.790. The van der Waals surface area contributed by atoms with Crippen molar-refractivity contribution in [1.29, 1.82) is 0 Å². The second-order valence-corrected chi connectivity index (χ2v) is 5.56. The molecule has 1 fully saturated rings. The van der Waals surface area contributed by atoms with Gasteiger partial charge in [0, 0.05) is 11.0 Å². The number of hydrogen-bond donors (Lipinski definition) is 1. The molecule has 92 valence electrons. The lowest BCUT2D eigenvalue weighted by Gasteiger charge is -2.29. The highest BCUT2D eigenvalue weighted by Gasteiger charge is 2.38. The van der Waals surface area contributed by atoms with E-state index in [-0.39, 0.29) is 5.41 Å². The first-order chi connectivity index (χ1) is 7.48. The summed E-state index contributed by atoms with van der Waals surface area (Å²) in [5, 5.41) is 9.12. The molecule has 0 aromatic carbocycles. The molecule has 0 radical (unpaired) electrons. The molecule has 1 aliphatic rings. The van der Waals surface area contributed by atoms with Gasteiger partial charge < -0.3 is 5.11 Å². The molecule has 0 aromatic heterocycles. The zero-order valence-corrected chi connectivity index (χ0v) is 10.6. The maximum Gasteiger partial charge on any atom is 0.331 e. The zero-order valence-electron chi connectivity index (χ0n) is 10.6. The molecule has 16 heavy (non-hydrogen) atoms. The summed E-state index contributed by atoms with van der Waals surface area (Å²) in [4.78, 5) is 11.1. The Kier molecular flexibility index (Phi) is 4.57. The van der Waals surface area contributed by atoms with Gasteiger partial charge in [-0.15, -0.1) is 0 Å². The predicted octanol–water partition coefficient (Wildman–Crippen LogP) is 4.01. The molecule has 1 aliphatic carbocycles. The van der Waals surface area contributed by atoms with Crippen LogP contribution in [0, 0.1) is 11.3 Å². The molecule has 2 heteroatoms. The van der Waals surface area contributed by atoms with E-state index in [1.54, 1.807) is 0 Å². The van der Waals surface area contributed by atoms with E-state index in [9.17, 15) is 4.79 Å². The van der Waals surface area contributed by atoms with Crippen molar-refractivity contribution in [2.45, 2.75) is 58.8 Å². The number of rotatable bonds is 6. The highest BCUT2D eigenvalue weighted by molar-refractivity contribution is 5.87. The molecule has 0 heterocycles. The van der Waals surface area contributed by atoms with Crippen molar-refractivity contribution in [2.24, 2.45) is 11.3 Å². The molecular weight excluding hydrogens is 200 g/mol. The molecule has 0 aromatic rings. The van der Waals surface area contributed by atoms with Gasteiger partial charge >= 0.3 is 5.97 Å². The third-order valence-corrected chi connectivity index (χ3v) is 3.90. The Bertz CT molecular complexity index is 260. The Morgan fingerprint density at radius 2 is 1.94 bits per heavy atom. The van der Waals surface area contributed by atoms with E-state index >= 15 is 0 Å². The molecule has 2 nitrogen and oxygen atoms in total. The van der Waals surface area contributed by atoms with Crippen molar-refractivity contribution >= 4 is 5.97 Å². The van der Waals surface area contributed by atoms with Gasteiger partial charge in [-0.3, -0.25) is 0 Å². The molecule has 1 N–H and O–H groups in total. The van der Waals surface area contributed by atoms with Gasteiger partial charge in [0.1, 0.15) is 0 Å². The van der Waals surface area contributed by atoms with Crippen LogP contribution in [0.4, 0.5) is 0 Å². The first kappa shape index (κ1) is 13.3. The summed E-state index contributed by atoms with van der Waals surface area (Å²) in [6.45, 7) is 8.24. The van der Waals surface area contributed by atoms with Crippen LogP contribution in [0.5, 0.6) is 0 Å². The van der Waals surface area contributed by atoms with Gasteiger partial charge in [0.15, 0.2) is 0 Å². The quantitative estimate of drug-likeness (QED) is 0.692. The van der Waals surface area contributed by atoms with Crippen LogP contribution in [-0.2, 0) is 4.79 Å². The lowest BCUT2D eigenvalue weighted by atomic mass is 9.74. The summed E-state index contributed by atoms with van der Waals surface area (Å²) in [6.07, 6.45) is 7.70. The van der Waals surface area contributed by atoms with Gasteiger partial charge in [-0.05, 0) is 25.2 Å². The topological polar surface area (TPSA) is 37.3 Å². The number of carboxylic acid groups (broad SMARTS) is 1. The van der Waals surface area contributed by atoms with Crippen LogP contribution >= 0.6 is 0 Å². The maximum absolute atomic E-state index is 11.1. The van der Waals surface area contributed by atoms with E-state index in [2.05, 4.69) is 20.4 Å². The van der Waals surface area contributed by atoms with Crippen LogP contribution in [0.1, 0.15) is 58.8 Å². The highest BCUT2D eigenvalue weighted by Crippen LogP contribution is 2.47. The molecule has 0 atom stereocenters. The Morgan fingerprint density at radius 3 is 2.38 bits per heavy atom. The smallest absolute Gasteiger partial charge is 0.331 e. The van der Waals surface area contributed by atoms with E-state index in [1.807, 2.05) is 0 Å². The molecule has 0 saturated heterocycles. The van der Waals surface area contributed by atoms with Crippen molar-refractivity contribution in [3.8, 4) is 0 Å². The average molecular weight is 224 g/mol. The molecule has 0 unspecified atom stereocenters. The van der Waals surface area contributed by atoms with Crippen molar-refractivity contribution in [1.82, 2.24) is 0 Å². The molecule has 1 rings (SSSR count). The van der Waals surface area contributed by atoms with Gasteiger partial charge in [-0.2, -0.15) is 0 Å². The normalized spacial score (nSPS) is 18.9. The van der Waals surface area contributed by atoms with Crippen molar-refractivity contribution < 1.29 is 9.90 Å². The first-order valence-electron chi connectivity index (χ1n) is 6.40. The number of carboxylic acids is 1. The van der Waals surface area contributed by atoms with E-state index in [1.165, 1.54) is 6.42 Å². The van der Waals surface area contributed by atoms with Crippen molar-refractivity contribution in [2.75, 3.05) is 0 Å². The van der Waals surface area contributed by atoms with Crippen LogP contribution in [-0.4, -0.2) is 11.1 Å². The molecule has 0 bridgehead atoms. The fourth-order valence-electron chi connectivity index (χ4n) is 2.83. The fraction of sp³-hybridized carbons (Fsp3) is 0.786. The molecule has 0 amide bonds. The summed E-state index contributed by atoms with van der Waals surface area (Å²) in [5.41, 5.74) is 0.370. The van der Waals surface area contributed by atoms with Crippen LogP contribution in [0.3, 0.4) is 0 Å². The molecule has 0 spiro atoms. The minimum Gasteiger partial charge on any atom is -0.478 e. The van der Waals surface area contributed by atoms with Gasteiger partial charge in [-0.1, -0.05) is 46.1 Å². The average Bonchev–Trinajstić information content (AvgIpc) is 2.65. The van der Waals surface area contributed by atoms with Crippen LogP contribution in [0.15, 0.2) is 12.2 Å². The minimum atomic E-state index is -0.800. The number of aliphatic carboxylic acids is 1. The number of carbonyl (C=O) groups is 1. The number of hydrogen-bond acceptors (Lipinski definition) is 1. The molecule has 1 saturated carbocycles. The summed E-state index contributed by atoms with van der Waals surface area (Å²) in [6, 6.07) is 0. The standard InChI is InChI=1S/C14H24O2/c1-11(2)7-6-10-14(8-4-5-9-14)12(3)13(15)16/h11H,3-10H2,1-2H3,(H,15,16). The van der Waals surface area contributed by atoms with Gasteiger partial charge in [0.05, 0.1) is 0 Å². The van der Waals surface area contributed by atoms with E-state index < -0.39 is 5.97 Å². The second kappa shape index (κ2) is 5.51.